The monoisotopic (exact) mass is 638 g/mol. The highest BCUT2D eigenvalue weighted by molar-refractivity contribution is 6.17. The smallest absolute Gasteiger partial charge is 0.136 e. The molecule has 3 heteroatoms. The van der Waals surface area contributed by atoms with Gasteiger partial charge in [0.25, 0.3) is 0 Å². The molecule has 2 heterocycles. The van der Waals surface area contributed by atoms with Crippen molar-refractivity contribution < 1.29 is 4.42 Å². The largest absolute Gasteiger partial charge is 0.456 e. The number of para-hydroxylation sites is 2. The number of hydrogen-bond acceptors (Lipinski definition) is 2. The van der Waals surface area contributed by atoms with Crippen molar-refractivity contribution >= 4 is 66.4 Å². The van der Waals surface area contributed by atoms with Crippen LogP contribution in [0.5, 0.6) is 0 Å². The van der Waals surface area contributed by atoms with E-state index in [2.05, 4.69) is 170 Å². The summed E-state index contributed by atoms with van der Waals surface area (Å²) in [7, 11) is 0. The minimum atomic E-state index is 0.916. The Hall–Kier alpha value is -5.80. The van der Waals surface area contributed by atoms with Crippen molar-refractivity contribution in [3.8, 4) is 5.69 Å². The van der Waals surface area contributed by atoms with E-state index in [9.17, 15) is 0 Å². The highest BCUT2D eigenvalue weighted by Gasteiger charge is 2.18. The summed E-state index contributed by atoms with van der Waals surface area (Å²) in [5.41, 5.74) is 12.4. The minimum Gasteiger partial charge on any atom is -0.456 e. The van der Waals surface area contributed by atoms with Gasteiger partial charge in [-0.05, 0) is 104 Å². The van der Waals surface area contributed by atoms with Gasteiger partial charge < -0.3 is 13.9 Å². The number of benzene rings is 6. The van der Waals surface area contributed by atoms with Crippen LogP contribution >= 0.6 is 0 Å². The molecule has 2 aromatic heterocycles. The molecule has 0 aliphatic heterocycles. The molecule has 8 aromatic rings. The van der Waals surface area contributed by atoms with E-state index in [1.807, 2.05) is 26.0 Å². The molecular formula is C46H42N2O. The molecule has 0 unspecified atom stereocenters. The number of aryl methyl sites for hydroxylation is 1. The average molecular weight is 639 g/mol. The second-order valence-electron chi connectivity index (χ2n) is 12.1. The van der Waals surface area contributed by atoms with Crippen LogP contribution in [0.1, 0.15) is 45.2 Å². The quantitative estimate of drug-likeness (QED) is 0.162. The molecule has 0 saturated heterocycles. The van der Waals surface area contributed by atoms with Crippen LogP contribution in [0.25, 0.3) is 55.0 Å². The summed E-state index contributed by atoms with van der Waals surface area (Å²) in [6, 6.07) is 48.0. The van der Waals surface area contributed by atoms with Crippen molar-refractivity contribution in [3.05, 3.63) is 163 Å². The fourth-order valence-electron chi connectivity index (χ4n) is 6.84. The predicted octanol–water partition coefficient (Wildman–Crippen LogP) is 13.9. The lowest BCUT2D eigenvalue weighted by Crippen LogP contribution is -2.10. The molecule has 0 spiro atoms. The molecule has 0 radical (unpaired) electrons. The van der Waals surface area contributed by atoms with Gasteiger partial charge in [0, 0.05) is 44.3 Å². The molecule has 0 fully saturated rings. The van der Waals surface area contributed by atoms with Gasteiger partial charge in [0.05, 0.1) is 11.0 Å². The lowest BCUT2D eigenvalue weighted by Gasteiger charge is -2.26. The van der Waals surface area contributed by atoms with E-state index in [0.29, 0.717) is 0 Å². The van der Waals surface area contributed by atoms with E-state index < -0.39 is 0 Å². The van der Waals surface area contributed by atoms with Crippen LogP contribution in [0.3, 0.4) is 0 Å². The Kier molecular flexibility index (Phi) is 8.91. The van der Waals surface area contributed by atoms with E-state index in [1.165, 1.54) is 38.5 Å². The summed E-state index contributed by atoms with van der Waals surface area (Å²) in [6.45, 7) is 10.4. The highest BCUT2D eigenvalue weighted by atomic mass is 16.3. The number of nitrogens with zero attached hydrogens (tertiary/aromatic N) is 2. The van der Waals surface area contributed by atoms with Gasteiger partial charge >= 0.3 is 0 Å². The Morgan fingerprint density at radius 3 is 1.92 bits per heavy atom. The van der Waals surface area contributed by atoms with Gasteiger partial charge in [-0.2, -0.15) is 0 Å². The van der Waals surface area contributed by atoms with Crippen molar-refractivity contribution in [1.82, 2.24) is 4.57 Å². The summed E-state index contributed by atoms with van der Waals surface area (Å²) in [5, 5.41) is 4.67. The van der Waals surface area contributed by atoms with Crippen molar-refractivity contribution in [3.63, 3.8) is 0 Å². The Morgan fingerprint density at radius 1 is 0.633 bits per heavy atom. The number of hydrogen-bond donors (Lipinski definition) is 0. The second kappa shape index (κ2) is 13.7. The van der Waals surface area contributed by atoms with Crippen LogP contribution in [0.4, 0.5) is 17.1 Å². The van der Waals surface area contributed by atoms with E-state index in [4.69, 9.17) is 4.42 Å². The fraction of sp³-hybridized carbons (Fsp3) is 0.130. The second-order valence-corrected chi connectivity index (χ2v) is 12.1. The van der Waals surface area contributed by atoms with Crippen LogP contribution in [0, 0.1) is 6.92 Å². The first-order valence-electron chi connectivity index (χ1n) is 17.4. The zero-order valence-electron chi connectivity index (χ0n) is 28.9. The average Bonchev–Trinajstić information content (AvgIpc) is 3.68. The maximum Gasteiger partial charge on any atom is 0.136 e. The van der Waals surface area contributed by atoms with Gasteiger partial charge in [-0.3, -0.25) is 0 Å². The Balaban J connectivity index is 0.00000186. The zero-order chi connectivity index (χ0) is 33.9. The van der Waals surface area contributed by atoms with Crippen LogP contribution in [0.2, 0.25) is 0 Å². The number of anilines is 3. The molecule has 0 bridgehead atoms. The van der Waals surface area contributed by atoms with Crippen LogP contribution in [-0.4, -0.2) is 4.57 Å². The molecule has 242 valence electrons. The molecule has 0 saturated carbocycles. The van der Waals surface area contributed by atoms with Gasteiger partial charge in [-0.25, -0.2) is 0 Å². The number of furan rings is 1. The Morgan fingerprint density at radius 2 is 1.24 bits per heavy atom. The van der Waals surface area contributed by atoms with E-state index >= 15 is 0 Å². The highest BCUT2D eigenvalue weighted by Crippen LogP contribution is 2.40. The van der Waals surface area contributed by atoms with Gasteiger partial charge in [0.1, 0.15) is 11.2 Å². The SMILES string of the molecule is C/C=C\C(=C/CC)c1ccc(N(c2ccc(C)cc2)c2ccc(-n3c4ccccc4c4cc5oc6ccccc6c5cc43)cc2)cc1.CC. The van der Waals surface area contributed by atoms with E-state index in [0.717, 1.165) is 51.1 Å². The van der Waals surface area contributed by atoms with E-state index in [-0.39, 0.29) is 0 Å². The molecular weight excluding hydrogens is 597 g/mol. The zero-order valence-corrected chi connectivity index (χ0v) is 28.9. The molecule has 8 rings (SSSR count). The van der Waals surface area contributed by atoms with Crippen LogP contribution in [-0.2, 0) is 0 Å². The van der Waals surface area contributed by atoms with Crippen molar-refractivity contribution in [2.45, 2.75) is 41.0 Å². The van der Waals surface area contributed by atoms with Gasteiger partial charge in [-0.1, -0.05) is 105 Å². The number of aromatic nitrogens is 1. The molecule has 0 amide bonds. The third-order valence-corrected chi connectivity index (χ3v) is 9.06. The predicted molar refractivity (Wildman–Crippen MR) is 212 cm³/mol. The van der Waals surface area contributed by atoms with Crippen LogP contribution in [0.15, 0.2) is 156 Å². The first kappa shape index (κ1) is 31.8. The maximum atomic E-state index is 6.28. The molecule has 6 aromatic carbocycles. The van der Waals surface area contributed by atoms with Gasteiger partial charge in [0.2, 0.25) is 0 Å². The number of fused-ring (bicyclic) bond motifs is 6. The standard InChI is InChI=1S/C44H36N2O.C2H6/c1-4-10-31(11-5-2)32-18-22-34(23-19-32)45(33-20-16-30(3)17-21-33)35-24-26-36(27-25-35)46-41-14-8-6-12-37(41)39-29-44-40(28-42(39)46)38-13-7-9-15-43(38)47-44;1-2/h4,6-29H,5H2,1-3H3;1-2H3/b10-4-,31-11+;. The summed E-state index contributed by atoms with van der Waals surface area (Å²) >= 11 is 0. The molecule has 3 nitrogen and oxygen atoms in total. The van der Waals surface area contributed by atoms with Gasteiger partial charge in [0.15, 0.2) is 0 Å². The molecule has 0 N–H and O–H groups in total. The molecule has 0 aliphatic rings. The first-order chi connectivity index (χ1) is 24.1. The number of allylic oxidation sites excluding steroid dienone is 4. The van der Waals surface area contributed by atoms with Crippen molar-refractivity contribution in [2.75, 3.05) is 4.90 Å². The maximum absolute atomic E-state index is 6.28. The minimum absolute atomic E-state index is 0.916. The normalized spacial score (nSPS) is 11.9. The summed E-state index contributed by atoms with van der Waals surface area (Å²) in [5.74, 6) is 0. The Bertz CT molecular complexity index is 2440. The van der Waals surface area contributed by atoms with Crippen molar-refractivity contribution in [2.24, 2.45) is 0 Å². The lowest BCUT2D eigenvalue weighted by molar-refractivity contribution is 0.669. The summed E-state index contributed by atoms with van der Waals surface area (Å²) in [6.07, 6.45) is 7.56. The number of rotatable bonds is 7. The lowest BCUT2D eigenvalue weighted by atomic mass is 10.0. The molecule has 49 heavy (non-hydrogen) atoms. The molecule has 0 aliphatic carbocycles. The van der Waals surface area contributed by atoms with Crippen molar-refractivity contribution in [1.29, 1.82) is 0 Å². The first-order valence-corrected chi connectivity index (χ1v) is 17.4. The summed E-state index contributed by atoms with van der Waals surface area (Å²) < 4.78 is 8.66. The van der Waals surface area contributed by atoms with Crippen LogP contribution < -0.4 is 4.90 Å². The summed E-state index contributed by atoms with van der Waals surface area (Å²) in [4.78, 5) is 2.33. The van der Waals surface area contributed by atoms with Gasteiger partial charge in [-0.15, -0.1) is 0 Å². The molecule has 0 atom stereocenters. The topological polar surface area (TPSA) is 21.3 Å². The third-order valence-electron chi connectivity index (χ3n) is 9.06. The Labute approximate surface area is 289 Å². The fourth-order valence-corrected chi connectivity index (χ4v) is 6.84. The third kappa shape index (κ3) is 5.83. The van der Waals surface area contributed by atoms with E-state index in [1.54, 1.807) is 0 Å².